The third kappa shape index (κ3) is 5.66. The van der Waals surface area contributed by atoms with Crippen LogP contribution in [0.2, 0.25) is 0 Å². The van der Waals surface area contributed by atoms with E-state index in [1.165, 1.54) is 52.8 Å². The predicted molar refractivity (Wildman–Crippen MR) is 120 cm³/mol. The van der Waals surface area contributed by atoms with E-state index < -0.39 is 47.1 Å². The van der Waals surface area contributed by atoms with Crippen molar-refractivity contribution in [1.29, 1.82) is 0 Å². The number of sulfonamides is 1. The van der Waals surface area contributed by atoms with Crippen LogP contribution in [-0.2, 0) is 41.8 Å². The highest BCUT2D eigenvalue weighted by atomic mass is 32.2. The number of morpholine rings is 1. The first-order valence-corrected chi connectivity index (χ1v) is 12.2. The fourth-order valence-corrected chi connectivity index (χ4v) is 5.02. The summed E-state index contributed by atoms with van der Waals surface area (Å²) in [4.78, 5) is 27.9. The Hall–Kier alpha value is -3.49. The van der Waals surface area contributed by atoms with Crippen LogP contribution in [0.5, 0.6) is 0 Å². The van der Waals surface area contributed by atoms with Gasteiger partial charge in [-0.25, -0.2) is 13.4 Å². The molecule has 1 aliphatic heterocycles. The smallest absolute Gasteiger partial charge is 0.449 e. The standard InChI is InChI=1S/C22H21F3N4O6S/c23-22(24,25)21-27-17-3-1-2-4-18(17)29(21)13-20(31)35-14-19(30)26-15-5-7-16(8-6-15)36(32,33)28-9-11-34-12-10-28/h1-8H,9-14H2,(H,26,30). The molecule has 192 valence electrons. The second-order valence-electron chi connectivity index (χ2n) is 7.76. The number of imidazole rings is 1. The number of carbonyl (C=O) groups is 2. The van der Waals surface area contributed by atoms with E-state index in [9.17, 15) is 31.2 Å². The Morgan fingerprint density at radius 3 is 2.39 bits per heavy atom. The minimum atomic E-state index is -4.79. The summed E-state index contributed by atoms with van der Waals surface area (Å²) >= 11 is 0. The van der Waals surface area contributed by atoms with Crippen LogP contribution < -0.4 is 5.32 Å². The van der Waals surface area contributed by atoms with Crippen LogP contribution >= 0.6 is 0 Å². The molecule has 0 saturated carbocycles. The lowest BCUT2D eigenvalue weighted by molar-refractivity contribution is -0.152. The van der Waals surface area contributed by atoms with Gasteiger partial charge in [-0.3, -0.25) is 9.59 Å². The normalized spacial score (nSPS) is 15.1. The number of anilines is 1. The summed E-state index contributed by atoms with van der Waals surface area (Å²) in [7, 11) is -3.70. The van der Waals surface area contributed by atoms with Crippen LogP contribution in [0.3, 0.4) is 0 Å². The maximum Gasteiger partial charge on any atom is 0.449 e. The lowest BCUT2D eigenvalue weighted by Gasteiger charge is -2.26. The Balaban J connectivity index is 1.35. The number of benzene rings is 2. The fraction of sp³-hybridized carbons (Fsp3) is 0.318. The molecule has 0 atom stereocenters. The van der Waals surface area contributed by atoms with E-state index in [2.05, 4.69) is 10.3 Å². The molecule has 1 saturated heterocycles. The number of esters is 1. The zero-order chi connectivity index (χ0) is 25.9. The van der Waals surface area contributed by atoms with Crippen molar-refractivity contribution in [2.45, 2.75) is 17.6 Å². The second kappa shape index (κ2) is 10.2. The van der Waals surface area contributed by atoms with Crippen molar-refractivity contribution in [3.63, 3.8) is 0 Å². The Bertz CT molecular complexity index is 1370. The number of carbonyl (C=O) groups excluding carboxylic acids is 2. The quantitative estimate of drug-likeness (QED) is 0.469. The van der Waals surface area contributed by atoms with Crippen LogP contribution in [0.1, 0.15) is 5.82 Å². The van der Waals surface area contributed by atoms with Gasteiger partial charge in [0.25, 0.3) is 5.91 Å². The van der Waals surface area contributed by atoms with Gasteiger partial charge in [-0.2, -0.15) is 17.5 Å². The molecule has 1 aliphatic rings. The number of nitrogens with zero attached hydrogens (tertiary/aromatic N) is 3. The van der Waals surface area contributed by atoms with E-state index in [0.717, 1.165) is 0 Å². The largest absolute Gasteiger partial charge is 0.454 e. The molecule has 2 heterocycles. The molecule has 1 aromatic heterocycles. The molecule has 1 amide bonds. The van der Waals surface area contributed by atoms with Crippen molar-refractivity contribution in [2.75, 3.05) is 38.2 Å². The number of rotatable bonds is 7. The minimum absolute atomic E-state index is 0.0434. The molecule has 2 aromatic carbocycles. The van der Waals surface area contributed by atoms with Gasteiger partial charge in [0.2, 0.25) is 15.8 Å². The SMILES string of the molecule is O=C(COC(=O)Cn1c(C(F)(F)F)nc2ccccc21)Nc1ccc(S(=O)(=O)N2CCOCC2)cc1. The van der Waals surface area contributed by atoms with Gasteiger partial charge in [-0.15, -0.1) is 0 Å². The molecule has 10 nitrogen and oxygen atoms in total. The molecule has 3 aromatic rings. The van der Waals surface area contributed by atoms with Crippen molar-refractivity contribution in [3.8, 4) is 0 Å². The van der Waals surface area contributed by atoms with Crippen molar-refractivity contribution < 1.29 is 40.7 Å². The molecule has 36 heavy (non-hydrogen) atoms. The van der Waals surface area contributed by atoms with Gasteiger partial charge < -0.3 is 19.4 Å². The topological polar surface area (TPSA) is 120 Å². The molecule has 0 unspecified atom stereocenters. The molecule has 14 heteroatoms. The van der Waals surface area contributed by atoms with E-state index >= 15 is 0 Å². The highest BCUT2D eigenvalue weighted by Crippen LogP contribution is 2.31. The maximum absolute atomic E-state index is 13.4. The van der Waals surface area contributed by atoms with E-state index in [1.807, 2.05) is 0 Å². The lowest BCUT2D eigenvalue weighted by Crippen LogP contribution is -2.40. The summed E-state index contributed by atoms with van der Waals surface area (Å²) in [6, 6.07) is 11.2. The van der Waals surface area contributed by atoms with Crippen LogP contribution in [0.4, 0.5) is 18.9 Å². The third-order valence-electron chi connectivity index (χ3n) is 5.31. The highest BCUT2D eigenvalue weighted by Gasteiger charge is 2.38. The van der Waals surface area contributed by atoms with E-state index in [0.29, 0.717) is 17.8 Å². The Morgan fingerprint density at radius 2 is 1.72 bits per heavy atom. The van der Waals surface area contributed by atoms with Gasteiger partial charge in [0, 0.05) is 18.8 Å². The van der Waals surface area contributed by atoms with Gasteiger partial charge in [0.05, 0.1) is 29.1 Å². The molecule has 1 fully saturated rings. The summed E-state index contributed by atoms with van der Waals surface area (Å²) in [5, 5.41) is 2.44. The summed E-state index contributed by atoms with van der Waals surface area (Å²) in [5.74, 6) is -3.07. The van der Waals surface area contributed by atoms with Gasteiger partial charge in [-0.05, 0) is 36.4 Å². The van der Waals surface area contributed by atoms with Gasteiger partial charge in [0.1, 0.15) is 6.54 Å². The Kier molecular flexibility index (Phi) is 7.28. The summed E-state index contributed by atoms with van der Waals surface area (Å²) < 4.78 is 77.3. The zero-order valence-electron chi connectivity index (χ0n) is 18.7. The number of amides is 1. The van der Waals surface area contributed by atoms with Crippen LogP contribution in [0.15, 0.2) is 53.4 Å². The maximum atomic E-state index is 13.4. The van der Waals surface area contributed by atoms with E-state index in [4.69, 9.17) is 9.47 Å². The number of nitrogens with one attached hydrogen (secondary N) is 1. The first-order chi connectivity index (χ1) is 17.1. The first-order valence-electron chi connectivity index (χ1n) is 10.7. The van der Waals surface area contributed by atoms with Gasteiger partial charge in [0.15, 0.2) is 6.61 Å². The van der Waals surface area contributed by atoms with Crippen molar-refractivity contribution >= 4 is 38.6 Å². The second-order valence-corrected chi connectivity index (χ2v) is 9.70. The average Bonchev–Trinajstić information content (AvgIpc) is 3.23. The fourth-order valence-electron chi connectivity index (χ4n) is 3.62. The number of hydrogen-bond acceptors (Lipinski definition) is 7. The summed E-state index contributed by atoms with van der Waals surface area (Å²) in [6.07, 6.45) is -4.79. The number of ether oxygens (including phenoxy) is 2. The number of halogens is 3. The van der Waals surface area contributed by atoms with Crippen LogP contribution in [0, 0.1) is 0 Å². The first kappa shape index (κ1) is 25.6. The predicted octanol–water partition coefficient (Wildman–Crippen LogP) is 2.26. The molecule has 4 rings (SSSR count). The molecule has 0 bridgehead atoms. The van der Waals surface area contributed by atoms with Gasteiger partial charge >= 0.3 is 12.1 Å². The molecule has 0 aliphatic carbocycles. The van der Waals surface area contributed by atoms with Crippen LogP contribution in [-0.4, -0.2) is 67.1 Å². The summed E-state index contributed by atoms with van der Waals surface area (Å²) in [5.41, 5.74) is 0.407. The van der Waals surface area contributed by atoms with E-state index in [1.54, 1.807) is 0 Å². The van der Waals surface area contributed by atoms with Crippen molar-refractivity contribution in [3.05, 3.63) is 54.4 Å². The number of aromatic nitrogens is 2. The van der Waals surface area contributed by atoms with Crippen molar-refractivity contribution in [1.82, 2.24) is 13.9 Å². The number of para-hydroxylation sites is 2. The number of alkyl halides is 3. The number of fused-ring (bicyclic) bond motifs is 1. The molecular weight excluding hydrogens is 505 g/mol. The lowest BCUT2D eigenvalue weighted by atomic mass is 10.3. The Labute approximate surface area is 203 Å². The number of hydrogen-bond donors (Lipinski definition) is 1. The van der Waals surface area contributed by atoms with Crippen molar-refractivity contribution in [2.24, 2.45) is 0 Å². The zero-order valence-corrected chi connectivity index (χ0v) is 19.5. The summed E-state index contributed by atoms with van der Waals surface area (Å²) in [6.45, 7) is -0.449. The molecule has 1 N–H and O–H groups in total. The molecule has 0 spiro atoms. The molecular formula is C22H21F3N4O6S. The highest BCUT2D eigenvalue weighted by molar-refractivity contribution is 7.89. The third-order valence-corrected chi connectivity index (χ3v) is 7.22. The monoisotopic (exact) mass is 526 g/mol. The minimum Gasteiger partial charge on any atom is -0.454 e. The average molecular weight is 526 g/mol. The Morgan fingerprint density at radius 1 is 1.06 bits per heavy atom. The van der Waals surface area contributed by atoms with Crippen LogP contribution in [0.25, 0.3) is 11.0 Å². The molecule has 0 radical (unpaired) electrons. The van der Waals surface area contributed by atoms with Gasteiger partial charge in [-0.1, -0.05) is 12.1 Å². The van der Waals surface area contributed by atoms with E-state index in [-0.39, 0.29) is 34.7 Å².